The van der Waals surface area contributed by atoms with Gasteiger partial charge < -0.3 is 15.1 Å². The van der Waals surface area contributed by atoms with Crippen molar-refractivity contribution in [3.05, 3.63) is 29.3 Å². The van der Waals surface area contributed by atoms with Gasteiger partial charge in [0.2, 0.25) is 5.91 Å². The van der Waals surface area contributed by atoms with Crippen LogP contribution in [0.5, 0.6) is 0 Å². The SMILES string of the molecule is O=C(CSc1ccc(Cl)cc1)N1CC(O)C(O)C1. The van der Waals surface area contributed by atoms with Crippen molar-refractivity contribution >= 4 is 29.3 Å². The third kappa shape index (κ3) is 3.38. The van der Waals surface area contributed by atoms with Crippen LogP contribution in [-0.4, -0.2) is 52.1 Å². The fourth-order valence-corrected chi connectivity index (χ4v) is 2.67. The number of carbonyl (C=O) groups excluding carboxylic acids is 1. The monoisotopic (exact) mass is 287 g/mol. The van der Waals surface area contributed by atoms with Crippen LogP contribution in [-0.2, 0) is 4.79 Å². The normalized spacial score (nSPS) is 23.4. The van der Waals surface area contributed by atoms with Crippen LogP contribution >= 0.6 is 23.4 Å². The Bertz CT molecular complexity index is 416. The van der Waals surface area contributed by atoms with Crippen molar-refractivity contribution in [1.29, 1.82) is 0 Å². The number of aliphatic hydroxyl groups is 2. The van der Waals surface area contributed by atoms with Crippen LogP contribution in [0.2, 0.25) is 5.02 Å². The van der Waals surface area contributed by atoms with E-state index in [0.717, 1.165) is 4.90 Å². The largest absolute Gasteiger partial charge is 0.388 e. The zero-order valence-corrected chi connectivity index (χ0v) is 11.2. The van der Waals surface area contributed by atoms with Gasteiger partial charge in [-0.15, -0.1) is 11.8 Å². The lowest BCUT2D eigenvalue weighted by Gasteiger charge is -2.14. The van der Waals surface area contributed by atoms with Gasteiger partial charge in [-0.3, -0.25) is 4.79 Å². The van der Waals surface area contributed by atoms with Crippen molar-refractivity contribution in [3.8, 4) is 0 Å². The Morgan fingerprint density at radius 3 is 2.39 bits per heavy atom. The third-order valence-electron chi connectivity index (χ3n) is 2.79. The van der Waals surface area contributed by atoms with Crippen LogP contribution in [0.3, 0.4) is 0 Å². The molecule has 6 heteroatoms. The molecule has 2 rings (SSSR count). The highest BCUT2D eigenvalue weighted by atomic mass is 35.5. The molecule has 0 aromatic heterocycles. The predicted molar refractivity (Wildman–Crippen MR) is 70.8 cm³/mol. The molecule has 1 aliphatic heterocycles. The van der Waals surface area contributed by atoms with Crippen LogP contribution in [0.15, 0.2) is 29.2 Å². The topological polar surface area (TPSA) is 60.8 Å². The number of thioether (sulfide) groups is 1. The van der Waals surface area contributed by atoms with Gasteiger partial charge in [-0.25, -0.2) is 0 Å². The zero-order chi connectivity index (χ0) is 13.1. The summed E-state index contributed by atoms with van der Waals surface area (Å²) in [5.41, 5.74) is 0. The van der Waals surface area contributed by atoms with E-state index < -0.39 is 12.2 Å². The summed E-state index contributed by atoms with van der Waals surface area (Å²) in [6, 6.07) is 7.26. The number of hydrogen-bond donors (Lipinski definition) is 2. The molecule has 4 nitrogen and oxygen atoms in total. The van der Waals surface area contributed by atoms with Gasteiger partial charge in [-0.2, -0.15) is 0 Å². The van der Waals surface area contributed by atoms with E-state index >= 15 is 0 Å². The minimum Gasteiger partial charge on any atom is -0.388 e. The Kier molecular flexibility index (Phi) is 4.50. The van der Waals surface area contributed by atoms with Crippen molar-refractivity contribution < 1.29 is 15.0 Å². The van der Waals surface area contributed by atoms with E-state index in [0.29, 0.717) is 10.8 Å². The molecule has 1 aliphatic rings. The summed E-state index contributed by atoms with van der Waals surface area (Å²) >= 11 is 7.18. The lowest BCUT2D eigenvalue weighted by Crippen LogP contribution is -2.31. The number of rotatable bonds is 3. The molecule has 18 heavy (non-hydrogen) atoms. The molecule has 98 valence electrons. The summed E-state index contributed by atoms with van der Waals surface area (Å²) in [7, 11) is 0. The molecule has 0 saturated carbocycles. The molecule has 1 saturated heterocycles. The van der Waals surface area contributed by atoms with Gasteiger partial charge in [-0.05, 0) is 24.3 Å². The first-order valence-corrected chi connectivity index (χ1v) is 6.95. The molecule has 1 aromatic rings. The van der Waals surface area contributed by atoms with Crippen LogP contribution in [0.25, 0.3) is 0 Å². The molecule has 1 fully saturated rings. The number of hydrogen-bond acceptors (Lipinski definition) is 4. The van der Waals surface area contributed by atoms with E-state index in [-0.39, 0.29) is 19.0 Å². The molecule has 1 heterocycles. The fourth-order valence-electron chi connectivity index (χ4n) is 1.74. The third-order valence-corrected chi connectivity index (χ3v) is 4.04. The number of nitrogens with zero attached hydrogens (tertiary/aromatic N) is 1. The van der Waals surface area contributed by atoms with Crippen LogP contribution < -0.4 is 0 Å². The second-order valence-electron chi connectivity index (χ2n) is 4.18. The highest BCUT2D eigenvalue weighted by Gasteiger charge is 2.32. The lowest BCUT2D eigenvalue weighted by molar-refractivity contribution is -0.127. The molecule has 0 radical (unpaired) electrons. The molecule has 0 bridgehead atoms. The molecule has 2 atom stereocenters. The Morgan fingerprint density at radius 2 is 1.83 bits per heavy atom. The van der Waals surface area contributed by atoms with Crippen LogP contribution in [0, 0.1) is 0 Å². The van der Waals surface area contributed by atoms with Crippen LogP contribution in [0.1, 0.15) is 0 Å². The first kappa shape index (κ1) is 13.7. The average Bonchev–Trinajstić information content (AvgIpc) is 2.69. The molecule has 0 spiro atoms. The highest BCUT2D eigenvalue weighted by Crippen LogP contribution is 2.21. The molecule has 2 N–H and O–H groups in total. The van der Waals surface area contributed by atoms with Gasteiger partial charge in [0, 0.05) is 23.0 Å². The summed E-state index contributed by atoms with van der Waals surface area (Å²) < 4.78 is 0. The minimum atomic E-state index is -0.825. The van der Waals surface area contributed by atoms with Gasteiger partial charge >= 0.3 is 0 Å². The second-order valence-corrected chi connectivity index (χ2v) is 5.66. The molecular formula is C12H14ClNO3S. The average molecular weight is 288 g/mol. The molecule has 1 aromatic carbocycles. The van der Waals surface area contributed by atoms with Gasteiger partial charge in [0.15, 0.2) is 0 Å². The number of β-amino-alcohol motifs (C(OH)–C–C–N with tert-alkyl or cyclic N) is 2. The Hall–Kier alpha value is -0.750. The number of likely N-dealkylation sites (tertiary alicyclic amines) is 1. The molecule has 1 amide bonds. The molecular weight excluding hydrogens is 274 g/mol. The number of benzene rings is 1. The Balaban J connectivity index is 1.83. The summed E-state index contributed by atoms with van der Waals surface area (Å²) in [5, 5.41) is 19.4. The first-order chi connectivity index (χ1) is 8.56. The Labute approximate surface area is 115 Å². The van der Waals surface area contributed by atoms with E-state index in [1.165, 1.54) is 16.7 Å². The van der Waals surface area contributed by atoms with Gasteiger partial charge in [-0.1, -0.05) is 11.6 Å². The fraction of sp³-hybridized carbons (Fsp3) is 0.417. The lowest BCUT2D eigenvalue weighted by atomic mass is 10.3. The van der Waals surface area contributed by atoms with Crippen molar-refractivity contribution in [2.45, 2.75) is 17.1 Å². The van der Waals surface area contributed by atoms with Crippen LogP contribution in [0.4, 0.5) is 0 Å². The van der Waals surface area contributed by atoms with Crippen molar-refractivity contribution in [1.82, 2.24) is 4.90 Å². The van der Waals surface area contributed by atoms with E-state index in [4.69, 9.17) is 11.6 Å². The number of carbonyl (C=O) groups is 1. The summed E-state index contributed by atoms with van der Waals surface area (Å²) in [4.78, 5) is 14.3. The van der Waals surface area contributed by atoms with E-state index in [1.54, 1.807) is 12.1 Å². The second kappa shape index (κ2) is 5.93. The summed E-state index contributed by atoms with van der Waals surface area (Å²) in [6.07, 6.45) is -1.65. The van der Waals surface area contributed by atoms with Gasteiger partial charge in [0.1, 0.15) is 0 Å². The van der Waals surface area contributed by atoms with Gasteiger partial charge in [0.25, 0.3) is 0 Å². The number of aliphatic hydroxyl groups excluding tert-OH is 2. The molecule has 0 aliphatic carbocycles. The maximum absolute atomic E-state index is 11.8. The quantitative estimate of drug-likeness (QED) is 0.814. The maximum Gasteiger partial charge on any atom is 0.233 e. The predicted octanol–water partition coefficient (Wildman–Crippen LogP) is 0.996. The standard InChI is InChI=1S/C12H14ClNO3S/c13-8-1-3-9(4-2-8)18-7-12(17)14-5-10(15)11(16)6-14/h1-4,10-11,15-16H,5-7H2. The van der Waals surface area contributed by atoms with Crippen molar-refractivity contribution in [2.75, 3.05) is 18.8 Å². The summed E-state index contributed by atoms with van der Waals surface area (Å²) in [6.45, 7) is 0.419. The smallest absolute Gasteiger partial charge is 0.233 e. The maximum atomic E-state index is 11.8. The van der Waals surface area contributed by atoms with Crippen molar-refractivity contribution in [2.24, 2.45) is 0 Å². The van der Waals surface area contributed by atoms with E-state index in [2.05, 4.69) is 0 Å². The van der Waals surface area contributed by atoms with Gasteiger partial charge in [0.05, 0.1) is 18.0 Å². The minimum absolute atomic E-state index is 0.0782. The number of amides is 1. The summed E-state index contributed by atoms with van der Waals surface area (Å²) in [5.74, 6) is 0.215. The van der Waals surface area contributed by atoms with E-state index in [9.17, 15) is 15.0 Å². The Morgan fingerprint density at radius 1 is 1.28 bits per heavy atom. The first-order valence-electron chi connectivity index (χ1n) is 5.58. The molecule has 2 unspecified atom stereocenters. The highest BCUT2D eigenvalue weighted by molar-refractivity contribution is 8.00. The van der Waals surface area contributed by atoms with Crippen molar-refractivity contribution in [3.63, 3.8) is 0 Å². The van der Waals surface area contributed by atoms with E-state index in [1.807, 2.05) is 12.1 Å². The number of halogens is 1. The zero-order valence-electron chi connectivity index (χ0n) is 9.62.